The maximum Gasteiger partial charge on any atom is 0.338 e. The van der Waals surface area contributed by atoms with Crippen molar-refractivity contribution < 1.29 is 19.1 Å². The summed E-state index contributed by atoms with van der Waals surface area (Å²) in [5.41, 5.74) is 2.31. The number of halogens is 2. The first-order valence-corrected chi connectivity index (χ1v) is 13.1. The van der Waals surface area contributed by atoms with Crippen LogP contribution in [0.1, 0.15) is 29.3 Å². The fourth-order valence-electron chi connectivity index (χ4n) is 3.58. The van der Waals surface area contributed by atoms with Crippen molar-refractivity contribution in [1.82, 2.24) is 4.90 Å². The van der Waals surface area contributed by atoms with Gasteiger partial charge in [-0.25, -0.2) is 9.79 Å². The molecule has 2 amide bonds. The lowest BCUT2D eigenvalue weighted by atomic mass is 10.2. The highest BCUT2D eigenvalue weighted by Gasteiger charge is 2.39. The molecule has 37 heavy (non-hydrogen) atoms. The molecule has 0 aliphatic carbocycles. The van der Waals surface area contributed by atoms with Crippen molar-refractivity contribution in [2.24, 2.45) is 4.99 Å². The van der Waals surface area contributed by atoms with E-state index in [0.717, 1.165) is 5.56 Å². The maximum atomic E-state index is 13.4. The van der Waals surface area contributed by atoms with E-state index in [1.54, 1.807) is 61.5 Å². The number of rotatable bonds is 8. The Labute approximate surface area is 228 Å². The standard InChI is InChI=1S/C27H23Cl2N3O4S/c1-2-36-26(35)17-7-11-21(12-8-17)31-27-32(16-18-5-3-4-6-22(18)29)25(34)23(37-27)15-24(33)30-20-13-9-19(28)10-14-20/h3-14,23H,2,15-16H2,1H3,(H,30,33). The molecular weight excluding hydrogens is 533 g/mol. The molecule has 1 fully saturated rings. The molecule has 0 saturated carbocycles. The monoisotopic (exact) mass is 555 g/mol. The minimum Gasteiger partial charge on any atom is -0.462 e. The summed E-state index contributed by atoms with van der Waals surface area (Å²) in [7, 11) is 0. The molecule has 1 unspecified atom stereocenters. The van der Waals surface area contributed by atoms with Crippen LogP contribution < -0.4 is 5.32 Å². The van der Waals surface area contributed by atoms with Crippen molar-refractivity contribution in [1.29, 1.82) is 0 Å². The van der Waals surface area contributed by atoms with Gasteiger partial charge in [0.1, 0.15) is 5.25 Å². The molecule has 1 heterocycles. The van der Waals surface area contributed by atoms with Crippen LogP contribution in [0.25, 0.3) is 0 Å². The smallest absolute Gasteiger partial charge is 0.338 e. The summed E-state index contributed by atoms with van der Waals surface area (Å²) < 4.78 is 5.02. The Kier molecular flexibility index (Phi) is 8.87. The number of hydrogen-bond acceptors (Lipinski definition) is 6. The molecule has 0 spiro atoms. The Morgan fingerprint density at radius 1 is 1.03 bits per heavy atom. The van der Waals surface area contributed by atoms with E-state index in [9.17, 15) is 14.4 Å². The Morgan fingerprint density at radius 3 is 2.41 bits per heavy atom. The number of carbonyl (C=O) groups excluding carboxylic acids is 3. The number of thioether (sulfide) groups is 1. The summed E-state index contributed by atoms with van der Waals surface area (Å²) in [6, 6.07) is 20.6. The van der Waals surface area contributed by atoms with Gasteiger partial charge in [-0.3, -0.25) is 14.5 Å². The highest BCUT2D eigenvalue weighted by atomic mass is 35.5. The van der Waals surface area contributed by atoms with Crippen LogP contribution >= 0.6 is 35.0 Å². The maximum absolute atomic E-state index is 13.4. The summed E-state index contributed by atoms with van der Waals surface area (Å²) in [4.78, 5) is 44.2. The average Bonchev–Trinajstić information content (AvgIpc) is 3.16. The van der Waals surface area contributed by atoms with Crippen molar-refractivity contribution in [3.05, 3.63) is 94.0 Å². The molecule has 0 bridgehead atoms. The van der Waals surface area contributed by atoms with Gasteiger partial charge in [0.25, 0.3) is 0 Å². The molecule has 1 atom stereocenters. The Bertz CT molecular complexity index is 1330. The number of esters is 1. The molecule has 0 aromatic heterocycles. The van der Waals surface area contributed by atoms with Crippen LogP contribution in [-0.2, 0) is 20.9 Å². The van der Waals surface area contributed by atoms with Crippen molar-refractivity contribution in [2.45, 2.75) is 25.1 Å². The molecule has 190 valence electrons. The number of anilines is 1. The summed E-state index contributed by atoms with van der Waals surface area (Å²) in [6.45, 7) is 2.23. The molecule has 1 aliphatic rings. The van der Waals surface area contributed by atoms with Gasteiger partial charge in [0.15, 0.2) is 5.17 Å². The van der Waals surface area contributed by atoms with Crippen molar-refractivity contribution >= 4 is 69.3 Å². The first kappa shape index (κ1) is 26.7. The molecule has 10 heteroatoms. The summed E-state index contributed by atoms with van der Waals surface area (Å²) >= 11 is 13.5. The second-order valence-corrected chi connectivity index (χ2v) is 10.1. The number of benzene rings is 3. The van der Waals surface area contributed by atoms with Crippen LogP contribution in [0.3, 0.4) is 0 Å². The van der Waals surface area contributed by atoms with Gasteiger partial charge in [-0.1, -0.05) is 53.2 Å². The molecule has 3 aromatic rings. The van der Waals surface area contributed by atoms with Crippen LogP contribution in [0.5, 0.6) is 0 Å². The number of nitrogens with one attached hydrogen (secondary N) is 1. The van der Waals surface area contributed by atoms with E-state index in [0.29, 0.717) is 32.2 Å². The zero-order valence-corrected chi connectivity index (χ0v) is 22.1. The van der Waals surface area contributed by atoms with E-state index in [-0.39, 0.29) is 31.4 Å². The van der Waals surface area contributed by atoms with Gasteiger partial charge in [0.05, 0.1) is 24.4 Å². The molecule has 4 rings (SSSR count). The molecule has 1 N–H and O–H groups in total. The van der Waals surface area contributed by atoms with Gasteiger partial charge in [0.2, 0.25) is 11.8 Å². The fourth-order valence-corrected chi connectivity index (χ4v) is 5.06. The first-order chi connectivity index (χ1) is 17.8. The third kappa shape index (κ3) is 6.91. The largest absolute Gasteiger partial charge is 0.462 e. The second kappa shape index (κ2) is 12.3. The number of carbonyl (C=O) groups is 3. The molecule has 0 radical (unpaired) electrons. The lowest BCUT2D eigenvalue weighted by molar-refractivity contribution is -0.128. The van der Waals surface area contributed by atoms with Crippen LogP contribution in [0, 0.1) is 0 Å². The molecule has 3 aromatic carbocycles. The van der Waals surface area contributed by atoms with E-state index >= 15 is 0 Å². The van der Waals surface area contributed by atoms with Crippen LogP contribution in [0.2, 0.25) is 10.0 Å². The predicted molar refractivity (Wildman–Crippen MR) is 148 cm³/mol. The van der Waals surface area contributed by atoms with Gasteiger partial charge >= 0.3 is 5.97 Å². The number of aliphatic imine (C=N–C) groups is 1. The van der Waals surface area contributed by atoms with Crippen LogP contribution in [0.15, 0.2) is 77.8 Å². The molecule has 1 aliphatic heterocycles. The Balaban J connectivity index is 1.55. The van der Waals surface area contributed by atoms with Gasteiger partial charge in [-0.15, -0.1) is 0 Å². The summed E-state index contributed by atoms with van der Waals surface area (Å²) in [6.07, 6.45) is -0.0357. The Hall–Kier alpha value is -3.33. The van der Waals surface area contributed by atoms with Gasteiger partial charge in [-0.05, 0) is 67.1 Å². The van der Waals surface area contributed by atoms with Crippen molar-refractivity contribution in [2.75, 3.05) is 11.9 Å². The SMILES string of the molecule is CCOC(=O)c1ccc(N=C2SC(CC(=O)Nc3ccc(Cl)cc3)C(=O)N2Cc2ccccc2Cl)cc1. The number of hydrogen-bond donors (Lipinski definition) is 1. The van der Waals surface area contributed by atoms with E-state index in [2.05, 4.69) is 10.3 Å². The fraction of sp³-hybridized carbons (Fsp3) is 0.185. The predicted octanol–water partition coefficient (Wildman–Crippen LogP) is 6.33. The number of amidine groups is 1. The minimum absolute atomic E-state index is 0.0357. The first-order valence-electron chi connectivity index (χ1n) is 11.5. The Morgan fingerprint density at radius 2 is 1.73 bits per heavy atom. The summed E-state index contributed by atoms with van der Waals surface area (Å²) in [5.74, 6) is -0.955. The van der Waals surface area contributed by atoms with Crippen LogP contribution in [0.4, 0.5) is 11.4 Å². The van der Waals surface area contributed by atoms with E-state index in [1.807, 2.05) is 18.2 Å². The van der Waals surface area contributed by atoms with Crippen molar-refractivity contribution in [3.8, 4) is 0 Å². The lowest BCUT2D eigenvalue weighted by Gasteiger charge is -2.17. The third-order valence-corrected chi connectivity index (χ3v) is 7.20. The summed E-state index contributed by atoms with van der Waals surface area (Å²) in [5, 5.41) is 3.67. The zero-order chi connectivity index (χ0) is 26.4. The topological polar surface area (TPSA) is 88.1 Å². The number of ether oxygens (including phenoxy) is 1. The van der Waals surface area contributed by atoms with Gasteiger partial charge in [0, 0.05) is 22.2 Å². The number of nitrogens with zero attached hydrogens (tertiary/aromatic N) is 2. The molecular formula is C27H23Cl2N3O4S. The minimum atomic E-state index is -0.660. The second-order valence-electron chi connectivity index (χ2n) is 8.04. The average molecular weight is 556 g/mol. The van der Waals surface area contributed by atoms with E-state index in [1.165, 1.54) is 16.7 Å². The quantitative estimate of drug-likeness (QED) is 0.328. The van der Waals surface area contributed by atoms with Crippen molar-refractivity contribution in [3.63, 3.8) is 0 Å². The van der Waals surface area contributed by atoms with E-state index in [4.69, 9.17) is 27.9 Å². The normalized spacial score (nSPS) is 16.2. The van der Waals surface area contributed by atoms with Gasteiger partial charge < -0.3 is 10.1 Å². The molecule has 7 nitrogen and oxygen atoms in total. The third-order valence-electron chi connectivity index (χ3n) is 5.41. The molecule has 1 saturated heterocycles. The van der Waals surface area contributed by atoms with Gasteiger partial charge in [-0.2, -0.15) is 0 Å². The lowest BCUT2D eigenvalue weighted by Crippen LogP contribution is -2.33. The highest BCUT2D eigenvalue weighted by Crippen LogP contribution is 2.34. The van der Waals surface area contributed by atoms with Crippen LogP contribution in [-0.4, -0.2) is 39.7 Å². The highest BCUT2D eigenvalue weighted by molar-refractivity contribution is 8.15. The van der Waals surface area contributed by atoms with E-state index < -0.39 is 11.2 Å². The number of amides is 2. The zero-order valence-electron chi connectivity index (χ0n) is 19.8.